The van der Waals surface area contributed by atoms with E-state index in [1.54, 1.807) is 17.4 Å². The number of ketones is 1. The first-order valence-electron chi connectivity index (χ1n) is 6.93. The topological polar surface area (TPSA) is 71.7 Å². The van der Waals surface area contributed by atoms with Gasteiger partial charge in [-0.2, -0.15) is 0 Å². The number of nitrogens with one attached hydrogen (secondary N) is 1. The Kier molecular flexibility index (Phi) is 3.64. The summed E-state index contributed by atoms with van der Waals surface area (Å²) in [4.78, 5) is 28.8. The number of carboxylic acid groups (broad SMARTS) is 1. The van der Waals surface area contributed by atoms with Crippen molar-refractivity contribution in [1.82, 2.24) is 4.98 Å². The molecule has 1 atom stereocenters. The summed E-state index contributed by atoms with van der Waals surface area (Å²) >= 11 is 1.57. The number of rotatable bonds is 3. The second kappa shape index (κ2) is 5.47. The Hall–Kier alpha value is -2.31. The molecule has 112 valence electrons. The van der Waals surface area contributed by atoms with Gasteiger partial charge in [-0.25, -0.2) is 9.78 Å². The molecule has 1 aromatic carbocycles. The van der Waals surface area contributed by atoms with Gasteiger partial charge in [0.15, 0.2) is 5.57 Å². The van der Waals surface area contributed by atoms with E-state index in [0.717, 1.165) is 26.9 Å². The average Bonchev–Trinajstić information content (AvgIpc) is 2.93. The highest BCUT2D eigenvalue weighted by Gasteiger charge is 2.33. The Balaban J connectivity index is 2.11. The Morgan fingerprint density at radius 1 is 1.41 bits per heavy atom. The van der Waals surface area contributed by atoms with E-state index in [1.807, 2.05) is 31.4 Å². The van der Waals surface area contributed by atoms with Crippen LogP contribution in [0.5, 0.6) is 0 Å². The standard InChI is InChI=1S/C16H14N2O3S/c1-3-18-7-12(16(20)21)15(19)11-5-4-10(6-14(11)18)13-8-22-9(2)17-13/h4-8H,3H2,1-2H3,(H,20,21)/p+1. The maximum absolute atomic E-state index is 12.3. The van der Waals surface area contributed by atoms with Gasteiger partial charge in [-0.1, -0.05) is 6.07 Å². The largest absolute Gasteiger partial charge is 0.477 e. The molecule has 0 saturated carbocycles. The molecular weight excluding hydrogens is 300 g/mol. The summed E-state index contributed by atoms with van der Waals surface area (Å²) in [5.41, 5.74) is 2.91. The van der Waals surface area contributed by atoms with Crippen LogP contribution in [0, 0.1) is 6.92 Å². The van der Waals surface area contributed by atoms with Crippen LogP contribution < -0.4 is 4.90 Å². The van der Waals surface area contributed by atoms with Crippen LogP contribution >= 0.6 is 11.3 Å². The van der Waals surface area contributed by atoms with Crippen LogP contribution in [-0.4, -0.2) is 28.4 Å². The number of aryl methyl sites for hydroxylation is 1. The molecule has 5 nitrogen and oxygen atoms in total. The molecule has 2 aromatic rings. The zero-order chi connectivity index (χ0) is 15.9. The second-order valence-electron chi connectivity index (χ2n) is 5.08. The van der Waals surface area contributed by atoms with Gasteiger partial charge >= 0.3 is 5.97 Å². The van der Waals surface area contributed by atoms with Gasteiger partial charge in [0, 0.05) is 17.0 Å². The van der Waals surface area contributed by atoms with E-state index < -0.39 is 11.8 Å². The summed E-state index contributed by atoms with van der Waals surface area (Å²) in [7, 11) is 0. The Bertz CT molecular complexity index is 807. The fraction of sp³-hybridized carbons (Fsp3) is 0.188. The van der Waals surface area contributed by atoms with Gasteiger partial charge in [0.05, 0.1) is 22.8 Å². The van der Waals surface area contributed by atoms with Crippen molar-refractivity contribution in [2.45, 2.75) is 13.8 Å². The predicted octanol–water partition coefficient (Wildman–Crippen LogP) is 1.82. The Morgan fingerprint density at radius 3 is 2.77 bits per heavy atom. The third-order valence-electron chi connectivity index (χ3n) is 3.70. The van der Waals surface area contributed by atoms with E-state index in [4.69, 9.17) is 0 Å². The SMILES string of the molecule is CC[NH+]1C=C(C(=O)O)C(=O)c2ccc(-c3csc(C)n3)cc21. The van der Waals surface area contributed by atoms with E-state index in [2.05, 4.69) is 4.98 Å². The van der Waals surface area contributed by atoms with Gasteiger partial charge in [-0.3, -0.25) is 9.69 Å². The average molecular weight is 315 g/mol. The quantitative estimate of drug-likeness (QED) is 0.848. The normalized spacial score (nSPS) is 17.1. The molecule has 1 unspecified atom stereocenters. The van der Waals surface area contributed by atoms with Crippen molar-refractivity contribution in [2.24, 2.45) is 0 Å². The lowest BCUT2D eigenvalue weighted by atomic mass is 9.96. The molecule has 6 heteroatoms. The van der Waals surface area contributed by atoms with E-state index in [1.165, 1.54) is 6.20 Å². The second-order valence-corrected chi connectivity index (χ2v) is 6.15. The molecule has 1 aromatic heterocycles. The first kappa shape index (κ1) is 14.6. The zero-order valence-electron chi connectivity index (χ0n) is 12.2. The summed E-state index contributed by atoms with van der Waals surface area (Å²) in [5, 5.41) is 12.1. The third kappa shape index (κ3) is 2.36. The van der Waals surface area contributed by atoms with Crippen LogP contribution in [0.3, 0.4) is 0 Å². The zero-order valence-corrected chi connectivity index (χ0v) is 13.0. The number of carbonyl (C=O) groups excluding carboxylic acids is 1. The molecule has 2 N–H and O–H groups in total. The van der Waals surface area contributed by atoms with Crippen molar-refractivity contribution < 1.29 is 19.6 Å². The van der Waals surface area contributed by atoms with Crippen LogP contribution in [0.2, 0.25) is 0 Å². The minimum Gasteiger partial charge on any atom is -0.477 e. The maximum atomic E-state index is 12.3. The number of nitrogens with zero attached hydrogens (tertiary/aromatic N) is 1. The molecule has 0 fully saturated rings. The van der Waals surface area contributed by atoms with Gasteiger partial charge in [-0.05, 0) is 19.9 Å². The number of aliphatic carboxylic acids is 1. The molecule has 2 heterocycles. The van der Waals surface area contributed by atoms with E-state index in [9.17, 15) is 14.7 Å². The van der Waals surface area contributed by atoms with Crippen molar-refractivity contribution in [1.29, 1.82) is 0 Å². The molecular formula is C16H15N2O3S+. The molecule has 0 radical (unpaired) electrons. The smallest absolute Gasteiger partial charge is 0.345 e. The number of hydrogen-bond donors (Lipinski definition) is 2. The molecule has 1 aliphatic heterocycles. The lowest BCUT2D eigenvalue weighted by Crippen LogP contribution is -3.03. The monoisotopic (exact) mass is 315 g/mol. The lowest BCUT2D eigenvalue weighted by molar-refractivity contribution is -0.773. The number of fused-ring (bicyclic) bond motifs is 1. The third-order valence-corrected chi connectivity index (χ3v) is 4.47. The maximum Gasteiger partial charge on any atom is 0.345 e. The van der Waals surface area contributed by atoms with Gasteiger partial charge in [-0.15, -0.1) is 11.3 Å². The van der Waals surface area contributed by atoms with Gasteiger partial charge in [0.2, 0.25) is 5.78 Å². The molecule has 0 aliphatic carbocycles. The van der Waals surface area contributed by atoms with Gasteiger partial charge in [0.25, 0.3) is 0 Å². The van der Waals surface area contributed by atoms with Crippen molar-refractivity contribution in [2.75, 3.05) is 6.54 Å². The number of thiazole rings is 1. The molecule has 1 aliphatic rings. The molecule has 3 rings (SSSR count). The number of aromatic nitrogens is 1. The Labute approximate surface area is 131 Å². The molecule has 0 amide bonds. The molecule has 22 heavy (non-hydrogen) atoms. The van der Waals surface area contributed by atoms with E-state index >= 15 is 0 Å². The first-order chi connectivity index (χ1) is 10.5. The lowest BCUT2D eigenvalue weighted by Gasteiger charge is -2.21. The summed E-state index contributed by atoms with van der Waals surface area (Å²) in [6.07, 6.45) is 1.49. The van der Waals surface area contributed by atoms with Crippen LogP contribution in [0.25, 0.3) is 11.3 Å². The van der Waals surface area contributed by atoms with Crippen molar-refractivity contribution >= 4 is 28.8 Å². The number of hydrogen-bond acceptors (Lipinski definition) is 4. The fourth-order valence-electron chi connectivity index (χ4n) is 2.58. The van der Waals surface area contributed by atoms with Crippen LogP contribution in [0.15, 0.2) is 35.4 Å². The molecule has 0 spiro atoms. The van der Waals surface area contributed by atoms with Gasteiger partial charge in [0.1, 0.15) is 11.9 Å². The highest BCUT2D eigenvalue weighted by atomic mass is 32.1. The van der Waals surface area contributed by atoms with Crippen molar-refractivity contribution in [3.8, 4) is 11.3 Å². The highest BCUT2D eigenvalue weighted by Crippen LogP contribution is 2.28. The highest BCUT2D eigenvalue weighted by molar-refractivity contribution is 7.09. The number of Topliss-reactive ketones (excluding diaryl/α,β-unsaturated/α-hetero) is 1. The van der Waals surface area contributed by atoms with Crippen LogP contribution in [-0.2, 0) is 4.79 Å². The van der Waals surface area contributed by atoms with E-state index in [-0.39, 0.29) is 5.57 Å². The van der Waals surface area contributed by atoms with Gasteiger partial charge < -0.3 is 5.11 Å². The number of benzene rings is 1. The van der Waals surface area contributed by atoms with Crippen molar-refractivity contribution in [3.05, 3.63) is 45.9 Å². The summed E-state index contributed by atoms with van der Waals surface area (Å²) in [6.45, 7) is 4.56. The first-order valence-corrected chi connectivity index (χ1v) is 7.81. The minimum absolute atomic E-state index is 0.165. The van der Waals surface area contributed by atoms with E-state index in [0.29, 0.717) is 12.1 Å². The fourth-order valence-corrected chi connectivity index (χ4v) is 3.20. The number of quaternary nitrogens is 1. The minimum atomic E-state index is -1.18. The summed E-state index contributed by atoms with van der Waals surface area (Å²) < 4.78 is 0. The molecule has 0 saturated heterocycles. The summed E-state index contributed by atoms with van der Waals surface area (Å²) in [5.74, 6) is -1.61. The van der Waals surface area contributed by atoms with Crippen LogP contribution in [0.4, 0.5) is 5.69 Å². The number of carbonyl (C=O) groups is 2. The Morgan fingerprint density at radius 2 is 2.18 bits per heavy atom. The summed E-state index contributed by atoms with van der Waals surface area (Å²) in [6, 6.07) is 5.45. The van der Waals surface area contributed by atoms with Crippen molar-refractivity contribution in [3.63, 3.8) is 0 Å². The van der Waals surface area contributed by atoms with Crippen LogP contribution in [0.1, 0.15) is 22.3 Å². The molecule has 0 bridgehead atoms. The predicted molar refractivity (Wildman–Crippen MR) is 83.5 cm³/mol. The number of carboxylic acids is 1.